The van der Waals surface area contributed by atoms with Gasteiger partial charge in [-0.2, -0.15) is 0 Å². The highest BCUT2D eigenvalue weighted by molar-refractivity contribution is 5.76. The van der Waals surface area contributed by atoms with E-state index in [4.69, 9.17) is 4.74 Å². The highest BCUT2D eigenvalue weighted by atomic mass is 16.6. The third-order valence-corrected chi connectivity index (χ3v) is 3.31. The second kappa shape index (κ2) is 4.61. The van der Waals surface area contributed by atoms with E-state index in [0.717, 1.165) is 5.52 Å². The number of hydrogen-bond acceptors (Lipinski definition) is 5. The smallest absolute Gasteiger partial charge is 0.410 e. The van der Waals surface area contributed by atoms with E-state index in [1.54, 1.807) is 27.8 Å². The molecule has 1 N–H and O–H groups in total. The number of aromatic hydroxyl groups is 1. The van der Waals surface area contributed by atoms with Gasteiger partial charge in [-0.3, -0.25) is 0 Å². The van der Waals surface area contributed by atoms with Crippen molar-refractivity contribution in [2.45, 2.75) is 32.4 Å². The van der Waals surface area contributed by atoms with Crippen LogP contribution in [0.5, 0.6) is 5.75 Å². The van der Waals surface area contributed by atoms with Crippen molar-refractivity contribution in [1.29, 1.82) is 0 Å². The summed E-state index contributed by atoms with van der Waals surface area (Å²) in [5.74, 6) is 0.165. The van der Waals surface area contributed by atoms with Crippen LogP contribution in [0.25, 0.3) is 11.0 Å². The minimum Gasteiger partial charge on any atom is -0.508 e. The number of nitrogens with zero attached hydrogens (tertiary/aromatic N) is 4. The van der Waals surface area contributed by atoms with Gasteiger partial charge in [0, 0.05) is 19.2 Å². The fourth-order valence-electron chi connectivity index (χ4n) is 2.29. The maximum atomic E-state index is 11.9. The molecule has 0 aliphatic carbocycles. The molecule has 2 aromatic rings. The summed E-state index contributed by atoms with van der Waals surface area (Å²) in [5.41, 5.74) is 1.01. The van der Waals surface area contributed by atoms with Crippen LogP contribution in [0, 0.1) is 0 Å². The summed E-state index contributed by atoms with van der Waals surface area (Å²) < 4.78 is 7.11. The van der Waals surface area contributed by atoms with Crippen LogP contribution < -0.4 is 0 Å². The number of phenols is 1. The Kier molecular flexibility index (Phi) is 3.00. The summed E-state index contributed by atoms with van der Waals surface area (Å²) in [4.78, 5) is 13.5. The molecule has 0 atom stereocenters. The zero-order valence-electron chi connectivity index (χ0n) is 12.3. The van der Waals surface area contributed by atoms with Gasteiger partial charge < -0.3 is 14.7 Å². The molecule has 21 heavy (non-hydrogen) atoms. The number of carbonyl (C=O) groups is 1. The summed E-state index contributed by atoms with van der Waals surface area (Å²) in [7, 11) is 0. The Balaban J connectivity index is 1.69. The van der Waals surface area contributed by atoms with Crippen molar-refractivity contribution in [3.63, 3.8) is 0 Å². The Morgan fingerprint density at radius 1 is 1.38 bits per heavy atom. The second-order valence-electron chi connectivity index (χ2n) is 6.25. The van der Waals surface area contributed by atoms with Crippen LogP contribution in [-0.2, 0) is 4.74 Å². The van der Waals surface area contributed by atoms with Gasteiger partial charge in [0.1, 0.15) is 16.9 Å². The van der Waals surface area contributed by atoms with Crippen LogP contribution in [-0.4, -0.2) is 49.8 Å². The fraction of sp³-hybridized carbons (Fsp3) is 0.500. The summed E-state index contributed by atoms with van der Waals surface area (Å²) in [6.07, 6.45) is -0.305. The van der Waals surface area contributed by atoms with Crippen LogP contribution in [0.15, 0.2) is 18.2 Å². The molecular weight excluding hydrogens is 272 g/mol. The van der Waals surface area contributed by atoms with E-state index in [0.29, 0.717) is 18.6 Å². The molecule has 1 amide bonds. The van der Waals surface area contributed by atoms with Crippen molar-refractivity contribution in [1.82, 2.24) is 19.9 Å². The number of likely N-dealkylation sites (tertiary alicyclic amines) is 1. The van der Waals surface area contributed by atoms with E-state index in [2.05, 4.69) is 10.3 Å². The molecule has 2 heterocycles. The number of phenolic OH excluding ortho intramolecular Hbond substituents is 1. The molecule has 112 valence electrons. The lowest BCUT2D eigenvalue weighted by atomic mass is 10.1. The Hall–Kier alpha value is -2.31. The van der Waals surface area contributed by atoms with Crippen LogP contribution in [0.1, 0.15) is 26.8 Å². The molecule has 0 spiro atoms. The first-order valence-electron chi connectivity index (χ1n) is 6.85. The highest BCUT2D eigenvalue weighted by Crippen LogP contribution is 2.27. The van der Waals surface area contributed by atoms with E-state index >= 15 is 0 Å². The van der Waals surface area contributed by atoms with Gasteiger partial charge in [0.25, 0.3) is 0 Å². The Bertz CT molecular complexity index is 683. The van der Waals surface area contributed by atoms with Gasteiger partial charge in [-0.25, -0.2) is 9.48 Å². The molecule has 1 aliphatic heterocycles. The quantitative estimate of drug-likeness (QED) is 0.868. The SMILES string of the molecule is CC(C)(C)OC(=O)N1CC(n2nnc3cc(O)ccc32)C1. The lowest BCUT2D eigenvalue weighted by Gasteiger charge is -2.39. The molecule has 1 saturated heterocycles. The highest BCUT2D eigenvalue weighted by Gasteiger charge is 2.36. The van der Waals surface area contributed by atoms with E-state index in [9.17, 15) is 9.90 Å². The van der Waals surface area contributed by atoms with Gasteiger partial charge in [-0.05, 0) is 32.9 Å². The van der Waals surface area contributed by atoms with Crippen molar-refractivity contribution >= 4 is 17.1 Å². The standard InChI is InChI=1S/C14H18N4O3/c1-14(2,3)21-13(20)17-7-9(8-17)18-12-5-4-10(19)6-11(12)15-16-18/h4-6,9,19H,7-8H2,1-3H3. The minimum atomic E-state index is -0.486. The maximum absolute atomic E-state index is 11.9. The van der Waals surface area contributed by atoms with Crippen molar-refractivity contribution < 1.29 is 14.6 Å². The molecule has 1 aliphatic rings. The summed E-state index contributed by atoms with van der Waals surface area (Å²) in [6, 6.07) is 5.04. The third-order valence-electron chi connectivity index (χ3n) is 3.31. The third kappa shape index (κ3) is 2.63. The monoisotopic (exact) mass is 290 g/mol. The van der Waals surface area contributed by atoms with Gasteiger partial charge in [-0.15, -0.1) is 5.10 Å². The Morgan fingerprint density at radius 3 is 2.76 bits per heavy atom. The molecule has 0 bridgehead atoms. The number of ether oxygens (including phenoxy) is 1. The predicted octanol–water partition coefficient (Wildman–Crippen LogP) is 1.93. The number of carbonyl (C=O) groups excluding carboxylic acids is 1. The molecule has 7 nitrogen and oxygen atoms in total. The minimum absolute atomic E-state index is 0.0899. The van der Waals surface area contributed by atoms with Gasteiger partial charge in [0.05, 0.1) is 11.6 Å². The average Bonchev–Trinajstić information content (AvgIpc) is 2.67. The molecule has 0 unspecified atom stereocenters. The molecule has 0 saturated carbocycles. The fourth-order valence-corrected chi connectivity index (χ4v) is 2.29. The summed E-state index contributed by atoms with van der Waals surface area (Å²) in [5, 5.41) is 17.6. The zero-order valence-corrected chi connectivity index (χ0v) is 12.3. The zero-order chi connectivity index (χ0) is 15.2. The first kappa shape index (κ1) is 13.7. The first-order chi connectivity index (χ1) is 9.83. The number of hydrogen-bond donors (Lipinski definition) is 1. The van der Waals surface area contributed by atoms with E-state index in [1.807, 2.05) is 20.8 Å². The van der Waals surface area contributed by atoms with Gasteiger partial charge in [0.15, 0.2) is 0 Å². The number of aromatic nitrogens is 3. The number of benzene rings is 1. The average molecular weight is 290 g/mol. The van der Waals surface area contributed by atoms with Gasteiger partial charge >= 0.3 is 6.09 Å². The lowest BCUT2D eigenvalue weighted by molar-refractivity contribution is -0.0000715. The second-order valence-corrected chi connectivity index (χ2v) is 6.25. The van der Waals surface area contributed by atoms with E-state index in [-0.39, 0.29) is 17.9 Å². The molecule has 1 aromatic heterocycles. The van der Waals surface area contributed by atoms with Crippen LogP contribution >= 0.6 is 0 Å². The van der Waals surface area contributed by atoms with Crippen molar-refractivity contribution in [2.24, 2.45) is 0 Å². The van der Waals surface area contributed by atoms with E-state index in [1.165, 1.54) is 0 Å². The molecule has 1 aromatic carbocycles. The predicted molar refractivity (Wildman–Crippen MR) is 76.0 cm³/mol. The largest absolute Gasteiger partial charge is 0.508 e. The van der Waals surface area contributed by atoms with Crippen molar-refractivity contribution in [3.05, 3.63) is 18.2 Å². The van der Waals surface area contributed by atoms with Crippen LogP contribution in [0.2, 0.25) is 0 Å². The topological polar surface area (TPSA) is 80.5 Å². The summed E-state index contributed by atoms with van der Waals surface area (Å²) in [6.45, 7) is 6.64. The maximum Gasteiger partial charge on any atom is 0.410 e. The first-order valence-corrected chi connectivity index (χ1v) is 6.85. The van der Waals surface area contributed by atoms with Crippen molar-refractivity contribution in [2.75, 3.05) is 13.1 Å². The molecular formula is C14H18N4O3. The molecule has 3 rings (SSSR count). The Labute approximate surface area is 122 Å². The van der Waals surface area contributed by atoms with Gasteiger partial charge in [-0.1, -0.05) is 5.21 Å². The summed E-state index contributed by atoms with van der Waals surface area (Å²) >= 11 is 0. The van der Waals surface area contributed by atoms with Crippen LogP contribution in [0.4, 0.5) is 4.79 Å². The normalized spacial score (nSPS) is 16.0. The molecule has 1 fully saturated rings. The number of amides is 1. The molecule has 7 heteroatoms. The Morgan fingerprint density at radius 2 is 2.10 bits per heavy atom. The lowest BCUT2D eigenvalue weighted by Crippen LogP contribution is -2.52. The van der Waals surface area contributed by atoms with Crippen LogP contribution in [0.3, 0.4) is 0 Å². The molecule has 0 radical (unpaired) electrons. The number of fused-ring (bicyclic) bond motifs is 1. The van der Waals surface area contributed by atoms with Gasteiger partial charge in [0.2, 0.25) is 0 Å². The number of rotatable bonds is 1. The van der Waals surface area contributed by atoms with E-state index < -0.39 is 5.60 Å². The van der Waals surface area contributed by atoms with Crippen molar-refractivity contribution in [3.8, 4) is 5.75 Å².